The summed E-state index contributed by atoms with van der Waals surface area (Å²) in [5, 5.41) is 19.7. The van der Waals surface area contributed by atoms with Crippen molar-refractivity contribution in [3.63, 3.8) is 0 Å². The second-order valence-corrected chi connectivity index (χ2v) is 4.30. The van der Waals surface area contributed by atoms with Crippen molar-refractivity contribution in [1.29, 1.82) is 0 Å². The fourth-order valence-electron chi connectivity index (χ4n) is 1.73. The Morgan fingerprint density at radius 2 is 2.20 bits per heavy atom. The van der Waals surface area contributed by atoms with Gasteiger partial charge >= 0.3 is 5.97 Å². The van der Waals surface area contributed by atoms with Gasteiger partial charge in [0.05, 0.1) is 23.3 Å². The highest BCUT2D eigenvalue weighted by Gasteiger charge is 2.25. The summed E-state index contributed by atoms with van der Waals surface area (Å²) in [5.74, 6) is -2.34. The lowest BCUT2D eigenvalue weighted by Gasteiger charge is -2.27. The molecule has 110 valence electrons. The summed E-state index contributed by atoms with van der Waals surface area (Å²) in [6, 6.07) is 1.36. The number of benzene rings is 1. The number of ether oxygens (including phenoxy) is 1. The van der Waals surface area contributed by atoms with Crippen molar-refractivity contribution in [1.82, 2.24) is 0 Å². The van der Waals surface area contributed by atoms with Crippen LogP contribution < -0.4 is 4.90 Å². The highest BCUT2D eigenvalue weighted by Crippen LogP contribution is 2.29. The second-order valence-electron chi connectivity index (χ2n) is 4.30. The summed E-state index contributed by atoms with van der Waals surface area (Å²) in [4.78, 5) is 22.3. The monoisotopic (exact) mass is 286 g/mol. The molecule has 7 nitrogen and oxygen atoms in total. The number of nitro groups is 1. The van der Waals surface area contributed by atoms with Crippen LogP contribution in [0.3, 0.4) is 0 Å². The minimum absolute atomic E-state index is 0.0300. The van der Waals surface area contributed by atoms with Crippen molar-refractivity contribution in [2.24, 2.45) is 0 Å². The van der Waals surface area contributed by atoms with E-state index in [0.717, 1.165) is 6.07 Å². The molecule has 0 spiro atoms. The number of rotatable bonds is 6. The first kappa shape index (κ1) is 15.8. The molecule has 0 aliphatic rings. The molecule has 20 heavy (non-hydrogen) atoms. The molecule has 1 atom stereocenters. The summed E-state index contributed by atoms with van der Waals surface area (Å²) >= 11 is 0. The van der Waals surface area contributed by atoms with E-state index in [1.807, 2.05) is 0 Å². The molecule has 1 rings (SSSR count). The van der Waals surface area contributed by atoms with Crippen LogP contribution in [0.2, 0.25) is 0 Å². The molecular weight excluding hydrogens is 271 g/mol. The third-order valence-electron chi connectivity index (χ3n) is 2.94. The van der Waals surface area contributed by atoms with Gasteiger partial charge in [-0.1, -0.05) is 0 Å². The lowest BCUT2D eigenvalue weighted by Crippen LogP contribution is -2.33. The van der Waals surface area contributed by atoms with E-state index < -0.39 is 28.0 Å². The van der Waals surface area contributed by atoms with Crippen LogP contribution in [0.4, 0.5) is 15.8 Å². The third kappa shape index (κ3) is 3.21. The minimum atomic E-state index is -1.48. The quantitative estimate of drug-likeness (QED) is 0.634. The zero-order valence-electron chi connectivity index (χ0n) is 11.3. The van der Waals surface area contributed by atoms with Crippen molar-refractivity contribution in [2.75, 3.05) is 25.7 Å². The molecule has 0 aromatic heterocycles. The number of methoxy groups -OCH3 is 1. The summed E-state index contributed by atoms with van der Waals surface area (Å²) in [6.07, 6.45) is 0. The van der Waals surface area contributed by atoms with E-state index in [1.54, 1.807) is 14.0 Å². The van der Waals surface area contributed by atoms with Gasteiger partial charge in [0.1, 0.15) is 5.56 Å². The van der Waals surface area contributed by atoms with E-state index in [2.05, 4.69) is 0 Å². The zero-order chi connectivity index (χ0) is 15.4. The second kappa shape index (κ2) is 6.29. The van der Waals surface area contributed by atoms with Gasteiger partial charge in [0.2, 0.25) is 0 Å². The molecule has 1 aromatic rings. The highest BCUT2D eigenvalue weighted by atomic mass is 19.1. The minimum Gasteiger partial charge on any atom is -0.477 e. The number of nitro benzene ring substituents is 1. The standard InChI is InChI=1S/C12H15FN2O5/c1-7(6-20-3)14(2)11-4-8(12(16)17)10(15(18)19)5-9(11)13/h4-5,7H,6H2,1-3H3,(H,16,17). The van der Waals surface area contributed by atoms with Crippen molar-refractivity contribution >= 4 is 17.3 Å². The number of hydrogen-bond donors (Lipinski definition) is 1. The van der Waals surface area contributed by atoms with E-state index in [9.17, 15) is 19.3 Å². The lowest BCUT2D eigenvalue weighted by molar-refractivity contribution is -0.385. The molecule has 0 aliphatic heterocycles. The molecule has 1 unspecified atom stereocenters. The Morgan fingerprint density at radius 3 is 2.65 bits per heavy atom. The fourth-order valence-corrected chi connectivity index (χ4v) is 1.73. The number of aromatic carboxylic acids is 1. The van der Waals surface area contributed by atoms with E-state index >= 15 is 0 Å². The molecule has 8 heteroatoms. The van der Waals surface area contributed by atoms with Gasteiger partial charge < -0.3 is 14.7 Å². The van der Waals surface area contributed by atoms with Gasteiger partial charge in [-0.15, -0.1) is 0 Å². The van der Waals surface area contributed by atoms with Gasteiger partial charge in [-0.2, -0.15) is 0 Å². The van der Waals surface area contributed by atoms with Crippen LogP contribution in [0.1, 0.15) is 17.3 Å². The number of carbonyl (C=O) groups is 1. The van der Waals surface area contributed by atoms with Crippen LogP contribution in [0.5, 0.6) is 0 Å². The summed E-state index contributed by atoms with van der Waals surface area (Å²) in [7, 11) is 3.04. The molecule has 0 radical (unpaired) electrons. The molecule has 0 saturated carbocycles. The van der Waals surface area contributed by atoms with E-state index in [0.29, 0.717) is 12.7 Å². The van der Waals surface area contributed by atoms with Crippen LogP contribution >= 0.6 is 0 Å². The van der Waals surface area contributed by atoms with Gasteiger partial charge in [0.15, 0.2) is 5.82 Å². The number of carboxylic acids is 1. The van der Waals surface area contributed by atoms with Crippen LogP contribution in [0, 0.1) is 15.9 Å². The van der Waals surface area contributed by atoms with Gasteiger partial charge in [-0.25, -0.2) is 9.18 Å². The molecule has 1 aromatic carbocycles. The first-order valence-corrected chi connectivity index (χ1v) is 5.72. The number of hydrogen-bond acceptors (Lipinski definition) is 5. The third-order valence-corrected chi connectivity index (χ3v) is 2.94. The summed E-state index contributed by atoms with van der Waals surface area (Å²) < 4.78 is 18.9. The number of likely N-dealkylation sites (N-methyl/N-ethyl adjacent to an activating group) is 1. The van der Waals surface area contributed by atoms with E-state index in [4.69, 9.17) is 9.84 Å². The maximum atomic E-state index is 13.9. The molecular formula is C12H15FN2O5. The number of anilines is 1. The van der Waals surface area contributed by atoms with Crippen molar-refractivity contribution < 1.29 is 24.0 Å². The molecule has 0 aliphatic carbocycles. The van der Waals surface area contributed by atoms with Gasteiger partial charge in [0.25, 0.3) is 5.69 Å². The maximum Gasteiger partial charge on any atom is 0.342 e. The zero-order valence-corrected chi connectivity index (χ0v) is 11.3. The Hall–Kier alpha value is -2.22. The topological polar surface area (TPSA) is 92.9 Å². The SMILES string of the molecule is COCC(C)N(C)c1cc(C(=O)O)c([N+](=O)[O-])cc1F. The van der Waals surface area contributed by atoms with Crippen LogP contribution in [-0.2, 0) is 4.74 Å². The van der Waals surface area contributed by atoms with E-state index in [-0.39, 0.29) is 11.7 Å². The number of carboxylic acid groups (broad SMARTS) is 1. The van der Waals surface area contributed by atoms with Crippen LogP contribution in [-0.4, -0.2) is 42.8 Å². The molecule has 0 heterocycles. The van der Waals surface area contributed by atoms with Crippen molar-refractivity contribution in [3.05, 3.63) is 33.6 Å². The predicted molar refractivity (Wildman–Crippen MR) is 69.8 cm³/mol. The molecule has 1 N–H and O–H groups in total. The average molecular weight is 286 g/mol. The lowest BCUT2D eigenvalue weighted by atomic mass is 10.1. The predicted octanol–water partition coefficient (Wildman–Crippen LogP) is 1.90. The van der Waals surface area contributed by atoms with Gasteiger partial charge in [0, 0.05) is 20.2 Å². The number of halogens is 1. The van der Waals surface area contributed by atoms with Crippen LogP contribution in [0.25, 0.3) is 0 Å². The smallest absolute Gasteiger partial charge is 0.342 e. The Morgan fingerprint density at radius 1 is 1.60 bits per heavy atom. The average Bonchev–Trinajstić information content (AvgIpc) is 2.37. The van der Waals surface area contributed by atoms with Gasteiger partial charge in [-0.05, 0) is 13.0 Å². The maximum absolute atomic E-state index is 13.9. The van der Waals surface area contributed by atoms with Crippen LogP contribution in [0.15, 0.2) is 12.1 Å². The highest BCUT2D eigenvalue weighted by molar-refractivity contribution is 5.93. The fraction of sp³-hybridized carbons (Fsp3) is 0.417. The number of nitrogens with zero attached hydrogens (tertiary/aromatic N) is 2. The normalized spacial score (nSPS) is 12.0. The first-order chi connectivity index (χ1) is 9.29. The summed E-state index contributed by atoms with van der Waals surface area (Å²) in [5.41, 5.74) is -1.35. The Labute approximate surface area is 114 Å². The largest absolute Gasteiger partial charge is 0.477 e. The first-order valence-electron chi connectivity index (χ1n) is 5.72. The summed E-state index contributed by atoms with van der Waals surface area (Å²) in [6.45, 7) is 2.06. The molecule has 0 amide bonds. The Balaban J connectivity index is 3.32. The van der Waals surface area contributed by atoms with Crippen molar-refractivity contribution in [3.8, 4) is 0 Å². The Kier molecular flexibility index (Phi) is 4.98. The molecule has 0 saturated heterocycles. The molecule has 0 fully saturated rings. The Bertz CT molecular complexity index is 535. The van der Waals surface area contributed by atoms with Gasteiger partial charge in [-0.3, -0.25) is 10.1 Å². The van der Waals surface area contributed by atoms with Crippen molar-refractivity contribution in [2.45, 2.75) is 13.0 Å². The van der Waals surface area contributed by atoms with E-state index in [1.165, 1.54) is 12.0 Å². The molecule has 0 bridgehead atoms.